The van der Waals surface area contributed by atoms with Crippen LogP contribution in [-0.2, 0) is 0 Å². The van der Waals surface area contributed by atoms with Gasteiger partial charge in [0.05, 0.1) is 0 Å². The molecule has 92 valence electrons. The third kappa shape index (κ3) is 1.68. The van der Waals surface area contributed by atoms with Crippen molar-refractivity contribution >= 4 is 5.69 Å². The van der Waals surface area contributed by atoms with Crippen LogP contribution in [0.1, 0.15) is 13.3 Å². The Morgan fingerprint density at radius 2 is 2.06 bits per heavy atom. The number of fused-ring (bicyclic) bond motifs is 1. The third-order valence-electron chi connectivity index (χ3n) is 3.38. The van der Waals surface area contributed by atoms with E-state index in [1.165, 1.54) is 5.57 Å². The Hall–Kier alpha value is -2.16. The maximum Gasteiger partial charge on any atom is 0.192 e. The molecular formula is C15H16N2O. The normalized spacial score (nSPS) is 22.4. The molecule has 0 saturated heterocycles. The van der Waals surface area contributed by atoms with Gasteiger partial charge in [-0.25, -0.2) is 0 Å². The highest BCUT2D eigenvalue weighted by Crippen LogP contribution is 2.33. The van der Waals surface area contributed by atoms with E-state index in [0.29, 0.717) is 5.88 Å². The summed E-state index contributed by atoms with van der Waals surface area (Å²) in [4.78, 5) is 1.94. The van der Waals surface area contributed by atoms with Gasteiger partial charge < -0.3 is 10.4 Å². The van der Waals surface area contributed by atoms with Gasteiger partial charge in [-0.05, 0) is 48.9 Å². The van der Waals surface area contributed by atoms with E-state index in [9.17, 15) is 5.11 Å². The number of para-hydroxylation sites is 1. The molecule has 0 spiro atoms. The number of hydrogen-bond acceptors (Lipinski definition) is 3. The molecule has 2 N–H and O–H groups in total. The SMILES string of the molecule is CC1=C(O)N(c2ccccc2)C2NC=CC=C2C1. The molecule has 0 bridgehead atoms. The van der Waals surface area contributed by atoms with Crippen LogP contribution in [0.5, 0.6) is 0 Å². The summed E-state index contributed by atoms with van der Waals surface area (Å²) in [5.74, 6) is 0.353. The summed E-state index contributed by atoms with van der Waals surface area (Å²) in [6, 6.07) is 9.95. The minimum Gasteiger partial charge on any atom is -0.494 e. The fraction of sp³-hybridized carbons (Fsp3) is 0.200. The van der Waals surface area contributed by atoms with Crippen LogP contribution in [0, 0.1) is 0 Å². The van der Waals surface area contributed by atoms with Gasteiger partial charge in [-0.2, -0.15) is 0 Å². The highest BCUT2D eigenvalue weighted by atomic mass is 16.3. The molecule has 2 aliphatic heterocycles. The second kappa shape index (κ2) is 4.26. The Morgan fingerprint density at radius 1 is 1.28 bits per heavy atom. The van der Waals surface area contributed by atoms with Crippen molar-refractivity contribution in [1.29, 1.82) is 0 Å². The largest absolute Gasteiger partial charge is 0.494 e. The van der Waals surface area contributed by atoms with Crippen LogP contribution < -0.4 is 10.2 Å². The standard InChI is InChI=1S/C15H16N2O/c1-11-10-12-6-5-9-16-14(12)17(15(11)18)13-7-3-2-4-8-13/h2-9,14,16,18H,10H2,1H3. The van der Waals surface area contributed by atoms with E-state index in [1.54, 1.807) is 0 Å². The van der Waals surface area contributed by atoms with Crippen molar-refractivity contribution in [1.82, 2.24) is 5.32 Å². The van der Waals surface area contributed by atoms with Gasteiger partial charge in [-0.3, -0.25) is 4.90 Å². The predicted octanol–water partition coefficient (Wildman–Crippen LogP) is 3.06. The average Bonchev–Trinajstić information content (AvgIpc) is 2.41. The summed E-state index contributed by atoms with van der Waals surface area (Å²) in [5.41, 5.74) is 3.27. The fourth-order valence-electron chi connectivity index (χ4n) is 2.49. The van der Waals surface area contributed by atoms with E-state index in [4.69, 9.17) is 0 Å². The van der Waals surface area contributed by atoms with Crippen LogP contribution in [0.2, 0.25) is 0 Å². The van der Waals surface area contributed by atoms with Crippen LogP contribution in [-0.4, -0.2) is 11.3 Å². The van der Waals surface area contributed by atoms with Gasteiger partial charge >= 0.3 is 0 Å². The summed E-state index contributed by atoms with van der Waals surface area (Å²) < 4.78 is 0. The zero-order valence-corrected chi connectivity index (χ0v) is 10.3. The molecule has 1 unspecified atom stereocenters. The molecule has 2 heterocycles. The number of allylic oxidation sites excluding steroid dienone is 3. The van der Waals surface area contributed by atoms with E-state index < -0.39 is 0 Å². The number of benzene rings is 1. The molecule has 0 aromatic heterocycles. The maximum absolute atomic E-state index is 10.3. The first-order valence-electron chi connectivity index (χ1n) is 6.12. The molecule has 0 saturated carbocycles. The number of nitrogens with zero attached hydrogens (tertiary/aromatic N) is 1. The lowest BCUT2D eigenvalue weighted by Crippen LogP contribution is -2.48. The second-order valence-electron chi connectivity index (χ2n) is 4.66. The van der Waals surface area contributed by atoms with Crippen LogP contribution >= 0.6 is 0 Å². The Morgan fingerprint density at radius 3 is 2.83 bits per heavy atom. The van der Waals surface area contributed by atoms with Gasteiger partial charge in [0.2, 0.25) is 0 Å². The van der Waals surface area contributed by atoms with Crippen LogP contribution in [0.3, 0.4) is 0 Å². The molecule has 0 radical (unpaired) electrons. The van der Waals surface area contributed by atoms with E-state index in [-0.39, 0.29) is 6.17 Å². The molecule has 2 aliphatic rings. The van der Waals surface area contributed by atoms with E-state index in [2.05, 4.69) is 11.4 Å². The van der Waals surface area contributed by atoms with Crippen molar-refractivity contribution < 1.29 is 5.11 Å². The van der Waals surface area contributed by atoms with E-state index in [0.717, 1.165) is 17.7 Å². The van der Waals surface area contributed by atoms with Gasteiger partial charge in [0.1, 0.15) is 6.17 Å². The molecule has 1 atom stereocenters. The zero-order chi connectivity index (χ0) is 12.5. The minimum atomic E-state index is 0.0149. The number of aliphatic hydroxyl groups excluding tert-OH is 1. The summed E-state index contributed by atoms with van der Waals surface area (Å²) in [6.45, 7) is 1.97. The summed E-state index contributed by atoms with van der Waals surface area (Å²) in [5, 5.41) is 13.6. The highest BCUT2D eigenvalue weighted by Gasteiger charge is 2.31. The Labute approximate surface area is 107 Å². The van der Waals surface area contributed by atoms with Gasteiger partial charge in [0.25, 0.3) is 0 Å². The quantitative estimate of drug-likeness (QED) is 0.792. The first-order valence-corrected chi connectivity index (χ1v) is 6.12. The van der Waals surface area contributed by atoms with Crippen molar-refractivity contribution in [3.8, 4) is 0 Å². The summed E-state index contributed by atoms with van der Waals surface area (Å²) in [6.07, 6.45) is 6.87. The summed E-state index contributed by atoms with van der Waals surface area (Å²) in [7, 11) is 0. The summed E-state index contributed by atoms with van der Waals surface area (Å²) >= 11 is 0. The molecule has 18 heavy (non-hydrogen) atoms. The van der Waals surface area contributed by atoms with E-state index >= 15 is 0 Å². The van der Waals surface area contributed by atoms with Crippen molar-refractivity contribution in [3.05, 3.63) is 65.7 Å². The number of dihydropyridines is 1. The van der Waals surface area contributed by atoms with Crippen LogP contribution in [0.25, 0.3) is 0 Å². The van der Waals surface area contributed by atoms with E-state index in [1.807, 2.05) is 54.4 Å². The van der Waals surface area contributed by atoms with Crippen molar-refractivity contribution in [2.24, 2.45) is 0 Å². The monoisotopic (exact) mass is 240 g/mol. The smallest absolute Gasteiger partial charge is 0.192 e. The molecule has 0 amide bonds. The Balaban J connectivity index is 2.08. The van der Waals surface area contributed by atoms with Crippen molar-refractivity contribution in [3.63, 3.8) is 0 Å². The number of aliphatic hydroxyl groups is 1. The number of anilines is 1. The highest BCUT2D eigenvalue weighted by molar-refractivity contribution is 5.57. The van der Waals surface area contributed by atoms with Crippen molar-refractivity contribution in [2.45, 2.75) is 19.5 Å². The van der Waals surface area contributed by atoms with Crippen LogP contribution in [0.4, 0.5) is 5.69 Å². The molecule has 3 nitrogen and oxygen atoms in total. The first kappa shape index (κ1) is 11.0. The number of hydrogen-bond donors (Lipinski definition) is 2. The zero-order valence-electron chi connectivity index (χ0n) is 10.3. The van der Waals surface area contributed by atoms with Gasteiger partial charge in [-0.15, -0.1) is 0 Å². The molecule has 1 aromatic carbocycles. The lowest BCUT2D eigenvalue weighted by molar-refractivity contribution is 0.354. The van der Waals surface area contributed by atoms with Crippen LogP contribution in [0.15, 0.2) is 65.7 Å². The third-order valence-corrected chi connectivity index (χ3v) is 3.38. The van der Waals surface area contributed by atoms with Gasteiger partial charge in [0, 0.05) is 5.69 Å². The Bertz CT molecular complexity index is 543. The minimum absolute atomic E-state index is 0.0149. The molecule has 0 fully saturated rings. The fourth-order valence-corrected chi connectivity index (χ4v) is 2.49. The maximum atomic E-state index is 10.3. The molecule has 3 heteroatoms. The molecule has 1 aromatic rings. The lowest BCUT2D eigenvalue weighted by atomic mass is 9.96. The molecule has 0 aliphatic carbocycles. The first-order chi connectivity index (χ1) is 8.77. The second-order valence-corrected chi connectivity index (χ2v) is 4.66. The average molecular weight is 240 g/mol. The predicted molar refractivity (Wildman–Crippen MR) is 73.0 cm³/mol. The molecule has 3 rings (SSSR count). The van der Waals surface area contributed by atoms with Gasteiger partial charge in [-0.1, -0.05) is 24.3 Å². The van der Waals surface area contributed by atoms with Gasteiger partial charge in [0.15, 0.2) is 5.88 Å². The topological polar surface area (TPSA) is 35.5 Å². The Kier molecular flexibility index (Phi) is 2.59. The number of nitrogens with one attached hydrogen (secondary N) is 1. The number of rotatable bonds is 1. The van der Waals surface area contributed by atoms with Crippen molar-refractivity contribution in [2.75, 3.05) is 4.90 Å². The lowest BCUT2D eigenvalue weighted by Gasteiger charge is -2.40. The molecular weight excluding hydrogens is 224 g/mol.